The number of ether oxygens (including phenoxy) is 1. The average molecular weight is 481 g/mol. The molecule has 0 saturated carbocycles. The number of nitrogens with one attached hydrogen (secondary N) is 2. The number of likely N-dealkylation sites (N-methyl/N-ethyl adjacent to an activating group) is 1. The topological polar surface area (TPSA) is 101 Å². The monoisotopic (exact) mass is 480 g/mol. The lowest BCUT2D eigenvalue weighted by Gasteiger charge is -2.23. The normalized spacial score (nSPS) is 14.8. The third-order valence-electron chi connectivity index (χ3n) is 5.85. The van der Waals surface area contributed by atoms with Crippen LogP contribution in [-0.2, 0) is 4.79 Å². The fourth-order valence-corrected chi connectivity index (χ4v) is 3.99. The highest BCUT2D eigenvalue weighted by Crippen LogP contribution is 2.30. The summed E-state index contributed by atoms with van der Waals surface area (Å²) in [6.07, 6.45) is 3.35. The zero-order chi connectivity index (χ0) is 25.1. The molecule has 0 radical (unpaired) electrons. The molecule has 9 heteroatoms. The molecular formula is C27H24N6O3. The van der Waals surface area contributed by atoms with Crippen molar-refractivity contribution in [1.82, 2.24) is 19.9 Å². The fraction of sp³-hybridized carbons (Fsp3) is 0.185. The molecule has 0 unspecified atom stereocenters. The maximum atomic E-state index is 13.1. The van der Waals surface area contributed by atoms with Gasteiger partial charge in [-0.25, -0.2) is 14.3 Å². The first kappa shape index (κ1) is 22.9. The van der Waals surface area contributed by atoms with E-state index in [4.69, 9.17) is 4.74 Å². The SMILES string of the molecule is CCN1C(=O)[C@@H](NC(=O)Nc2ccc(C)c(C#Cc3cnc4cccnn34)c2)COc2ccccc21. The van der Waals surface area contributed by atoms with Gasteiger partial charge < -0.3 is 20.3 Å². The summed E-state index contributed by atoms with van der Waals surface area (Å²) in [7, 11) is 0. The van der Waals surface area contributed by atoms with Crippen LogP contribution in [0.15, 0.2) is 67.0 Å². The van der Waals surface area contributed by atoms with Crippen molar-refractivity contribution in [3.8, 4) is 17.6 Å². The van der Waals surface area contributed by atoms with Crippen LogP contribution in [0.3, 0.4) is 0 Å². The molecule has 0 spiro atoms. The first-order valence-electron chi connectivity index (χ1n) is 11.6. The predicted molar refractivity (Wildman–Crippen MR) is 136 cm³/mol. The molecule has 0 fully saturated rings. The second-order valence-electron chi connectivity index (χ2n) is 8.23. The van der Waals surface area contributed by atoms with Crippen LogP contribution in [0, 0.1) is 18.8 Å². The van der Waals surface area contributed by atoms with Gasteiger partial charge in [0, 0.05) is 24.0 Å². The van der Waals surface area contributed by atoms with E-state index in [0.29, 0.717) is 35.0 Å². The Labute approximate surface area is 208 Å². The van der Waals surface area contributed by atoms with Gasteiger partial charge in [-0.1, -0.05) is 24.1 Å². The van der Waals surface area contributed by atoms with Crippen LogP contribution in [0.1, 0.15) is 23.7 Å². The minimum Gasteiger partial charge on any atom is -0.489 e. The number of carbonyl (C=O) groups is 2. The summed E-state index contributed by atoms with van der Waals surface area (Å²) in [5, 5.41) is 9.81. The summed E-state index contributed by atoms with van der Waals surface area (Å²) in [6, 6.07) is 15.1. The lowest BCUT2D eigenvalue weighted by molar-refractivity contribution is -0.120. The number of hydrogen-bond donors (Lipinski definition) is 2. The van der Waals surface area contributed by atoms with E-state index in [1.807, 2.05) is 56.3 Å². The number of anilines is 2. The molecule has 2 aromatic heterocycles. The molecule has 2 aromatic carbocycles. The van der Waals surface area contributed by atoms with Crippen LogP contribution >= 0.6 is 0 Å². The Morgan fingerprint density at radius 2 is 2.03 bits per heavy atom. The number of fused-ring (bicyclic) bond motifs is 2. The Balaban J connectivity index is 1.30. The van der Waals surface area contributed by atoms with E-state index in [1.54, 1.807) is 33.9 Å². The van der Waals surface area contributed by atoms with Crippen molar-refractivity contribution in [2.45, 2.75) is 19.9 Å². The number of carbonyl (C=O) groups excluding carboxylic acids is 2. The Hall–Kier alpha value is -4.84. The second-order valence-corrected chi connectivity index (χ2v) is 8.23. The molecule has 4 aromatic rings. The van der Waals surface area contributed by atoms with E-state index in [-0.39, 0.29) is 12.5 Å². The minimum absolute atomic E-state index is 0.0394. The molecule has 9 nitrogen and oxygen atoms in total. The molecule has 0 bridgehead atoms. The summed E-state index contributed by atoms with van der Waals surface area (Å²) in [5.41, 5.74) is 4.33. The number of urea groups is 1. The number of amides is 3. The average Bonchev–Trinajstić information content (AvgIpc) is 3.25. The first-order valence-corrected chi connectivity index (χ1v) is 11.6. The summed E-state index contributed by atoms with van der Waals surface area (Å²) >= 11 is 0. The number of imidazole rings is 1. The number of rotatable bonds is 3. The predicted octanol–water partition coefficient (Wildman–Crippen LogP) is 3.37. The summed E-state index contributed by atoms with van der Waals surface area (Å²) in [4.78, 5) is 31.8. The number of para-hydroxylation sites is 2. The van der Waals surface area contributed by atoms with Gasteiger partial charge in [-0.2, -0.15) is 5.10 Å². The summed E-state index contributed by atoms with van der Waals surface area (Å²) in [5.74, 6) is 6.62. The number of benzene rings is 2. The largest absolute Gasteiger partial charge is 0.489 e. The Morgan fingerprint density at radius 1 is 1.17 bits per heavy atom. The van der Waals surface area contributed by atoms with E-state index >= 15 is 0 Å². The molecule has 2 N–H and O–H groups in total. The summed E-state index contributed by atoms with van der Waals surface area (Å²) in [6.45, 7) is 4.33. The maximum absolute atomic E-state index is 13.1. The van der Waals surface area contributed by atoms with Gasteiger partial charge in [0.05, 0.1) is 11.9 Å². The quantitative estimate of drug-likeness (QED) is 0.438. The molecule has 36 heavy (non-hydrogen) atoms. The van der Waals surface area contributed by atoms with Crippen molar-refractivity contribution < 1.29 is 14.3 Å². The van der Waals surface area contributed by atoms with Crippen LogP contribution in [0.2, 0.25) is 0 Å². The molecule has 1 atom stereocenters. The molecule has 0 saturated heterocycles. The molecule has 0 aliphatic carbocycles. The number of aromatic nitrogens is 3. The number of aryl methyl sites for hydroxylation is 1. The lowest BCUT2D eigenvalue weighted by Crippen LogP contribution is -2.51. The molecule has 5 rings (SSSR count). The van der Waals surface area contributed by atoms with Gasteiger partial charge in [0.1, 0.15) is 24.1 Å². The van der Waals surface area contributed by atoms with Gasteiger partial charge in [0.15, 0.2) is 5.65 Å². The Morgan fingerprint density at radius 3 is 2.89 bits per heavy atom. The molecule has 3 amide bonds. The van der Waals surface area contributed by atoms with E-state index < -0.39 is 12.1 Å². The van der Waals surface area contributed by atoms with Crippen molar-refractivity contribution in [2.75, 3.05) is 23.4 Å². The van der Waals surface area contributed by atoms with Crippen LogP contribution in [0.25, 0.3) is 5.65 Å². The highest BCUT2D eigenvalue weighted by atomic mass is 16.5. The maximum Gasteiger partial charge on any atom is 0.320 e. The highest BCUT2D eigenvalue weighted by molar-refractivity contribution is 6.02. The first-order chi connectivity index (χ1) is 17.5. The van der Waals surface area contributed by atoms with Gasteiger partial charge in [0.25, 0.3) is 5.91 Å². The van der Waals surface area contributed by atoms with Crippen LogP contribution in [-0.4, -0.2) is 45.7 Å². The van der Waals surface area contributed by atoms with Crippen LogP contribution in [0.4, 0.5) is 16.2 Å². The molecule has 3 heterocycles. The highest BCUT2D eigenvalue weighted by Gasteiger charge is 2.31. The van der Waals surface area contributed by atoms with E-state index in [2.05, 4.69) is 32.6 Å². The van der Waals surface area contributed by atoms with Gasteiger partial charge >= 0.3 is 6.03 Å². The molecule has 1 aliphatic rings. The van der Waals surface area contributed by atoms with Crippen LogP contribution < -0.4 is 20.3 Å². The standard InChI is InChI=1S/C27H24N6O3/c1-3-32-23-7-4-5-8-24(23)36-17-22(26(32)34)31-27(35)30-20-12-10-18(2)19(15-20)11-13-21-16-28-25-9-6-14-29-33(21)25/h4-10,12,14-16,22H,3,17H2,1-2H3,(H2,30,31,35)/t22-/m0/s1. The van der Waals surface area contributed by atoms with Gasteiger partial charge in [-0.15, -0.1) is 0 Å². The Bertz CT molecular complexity index is 1520. The molecular weight excluding hydrogens is 456 g/mol. The van der Waals surface area contributed by atoms with Crippen molar-refractivity contribution in [1.29, 1.82) is 0 Å². The van der Waals surface area contributed by atoms with Gasteiger partial charge in [-0.05, 0) is 61.7 Å². The van der Waals surface area contributed by atoms with Gasteiger partial charge in [0.2, 0.25) is 0 Å². The number of hydrogen-bond acceptors (Lipinski definition) is 5. The second kappa shape index (κ2) is 9.80. The Kier molecular flexibility index (Phi) is 6.24. The lowest BCUT2D eigenvalue weighted by atomic mass is 10.1. The third kappa shape index (κ3) is 4.57. The fourth-order valence-electron chi connectivity index (χ4n) is 3.99. The van der Waals surface area contributed by atoms with Crippen molar-refractivity contribution in [3.05, 3.63) is 83.8 Å². The van der Waals surface area contributed by atoms with Crippen LogP contribution in [0.5, 0.6) is 5.75 Å². The zero-order valence-corrected chi connectivity index (χ0v) is 19.9. The minimum atomic E-state index is -0.829. The molecule has 180 valence electrons. The van der Waals surface area contributed by atoms with E-state index in [9.17, 15) is 9.59 Å². The zero-order valence-electron chi connectivity index (χ0n) is 19.9. The van der Waals surface area contributed by atoms with Crippen molar-refractivity contribution in [3.63, 3.8) is 0 Å². The van der Waals surface area contributed by atoms with E-state index in [0.717, 1.165) is 11.1 Å². The number of nitrogens with zero attached hydrogens (tertiary/aromatic N) is 4. The summed E-state index contributed by atoms with van der Waals surface area (Å²) < 4.78 is 7.48. The molecule has 1 aliphatic heterocycles. The van der Waals surface area contributed by atoms with Crippen molar-refractivity contribution in [2.24, 2.45) is 0 Å². The van der Waals surface area contributed by atoms with Crippen molar-refractivity contribution >= 4 is 29.0 Å². The smallest absolute Gasteiger partial charge is 0.320 e. The van der Waals surface area contributed by atoms with Gasteiger partial charge in [-0.3, -0.25) is 4.79 Å². The third-order valence-corrected chi connectivity index (χ3v) is 5.85. The van der Waals surface area contributed by atoms with E-state index in [1.165, 1.54) is 0 Å².